The maximum atomic E-state index is 13.3. The lowest BCUT2D eigenvalue weighted by atomic mass is 9.97. The number of aromatic amines is 1. The first-order valence-electron chi connectivity index (χ1n) is 9.30. The van der Waals surface area contributed by atoms with Gasteiger partial charge in [-0.3, -0.25) is 4.79 Å². The van der Waals surface area contributed by atoms with E-state index < -0.39 is 23.5 Å². The molecule has 3 aromatic rings. The Bertz CT molecular complexity index is 1110. The number of fused-ring (bicyclic) bond motifs is 3. The first kappa shape index (κ1) is 20.2. The smallest absolute Gasteiger partial charge is 0.416 e. The molecule has 2 heterocycles. The number of ether oxygens (including phenoxy) is 1. The zero-order valence-corrected chi connectivity index (χ0v) is 15.6. The van der Waals surface area contributed by atoms with Gasteiger partial charge in [0, 0.05) is 22.2 Å². The lowest BCUT2D eigenvalue weighted by Crippen LogP contribution is -2.31. The van der Waals surface area contributed by atoms with Crippen LogP contribution in [0.4, 0.5) is 17.6 Å². The van der Waals surface area contributed by atoms with E-state index in [1.165, 1.54) is 0 Å². The molecule has 0 amide bonds. The quantitative estimate of drug-likeness (QED) is 0.527. The normalized spacial score (nSPS) is 16.5. The van der Waals surface area contributed by atoms with Gasteiger partial charge in [0.15, 0.2) is 0 Å². The van der Waals surface area contributed by atoms with Crippen LogP contribution in [0.15, 0.2) is 36.4 Å². The maximum absolute atomic E-state index is 13.3. The van der Waals surface area contributed by atoms with Crippen molar-refractivity contribution in [2.75, 3.05) is 6.54 Å². The fourth-order valence-electron chi connectivity index (χ4n) is 3.83. The van der Waals surface area contributed by atoms with Crippen molar-refractivity contribution in [1.29, 1.82) is 0 Å². The van der Waals surface area contributed by atoms with Crippen LogP contribution in [0.25, 0.3) is 10.9 Å². The van der Waals surface area contributed by atoms with Crippen LogP contribution in [0, 0.1) is 5.82 Å². The van der Waals surface area contributed by atoms with Gasteiger partial charge in [-0.15, -0.1) is 0 Å². The average molecular weight is 422 g/mol. The van der Waals surface area contributed by atoms with Gasteiger partial charge in [0.05, 0.1) is 18.0 Å². The van der Waals surface area contributed by atoms with Gasteiger partial charge < -0.3 is 20.1 Å². The molecule has 3 N–H and O–H groups in total. The van der Waals surface area contributed by atoms with E-state index in [4.69, 9.17) is 9.84 Å². The van der Waals surface area contributed by atoms with Crippen LogP contribution in [0.1, 0.15) is 34.8 Å². The van der Waals surface area contributed by atoms with E-state index in [9.17, 15) is 22.4 Å². The Balaban J connectivity index is 1.61. The molecule has 1 aliphatic rings. The van der Waals surface area contributed by atoms with Crippen LogP contribution in [0.2, 0.25) is 0 Å². The number of carboxylic acid groups (broad SMARTS) is 1. The van der Waals surface area contributed by atoms with Crippen molar-refractivity contribution >= 4 is 16.9 Å². The summed E-state index contributed by atoms with van der Waals surface area (Å²) in [6.07, 6.45) is -4.06. The minimum Gasteiger partial charge on any atom is -0.489 e. The van der Waals surface area contributed by atoms with Crippen LogP contribution in [-0.2, 0) is 24.0 Å². The molecule has 9 heteroatoms. The molecule has 0 unspecified atom stereocenters. The number of alkyl halides is 3. The Kier molecular flexibility index (Phi) is 5.15. The molecule has 0 saturated carbocycles. The molecule has 1 aromatic heterocycles. The van der Waals surface area contributed by atoms with Gasteiger partial charge in [0.1, 0.15) is 18.2 Å². The first-order chi connectivity index (χ1) is 14.2. The fourth-order valence-corrected chi connectivity index (χ4v) is 3.83. The molecular weight excluding hydrogens is 404 g/mol. The highest BCUT2D eigenvalue weighted by Gasteiger charge is 2.34. The monoisotopic (exact) mass is 422 g/mol. The summed E-state index contributed by atoms with van der Waals surface area (Å²) in [5.74, 6) is -1.51. The Morgan fingerprint density at radius 3 is 2.73 bits per heavy atom. The topological polar surface area (TPSA) is 74.4 Å². The zero-order valence-electron chi connectivity index (χ0n) is 15.6. The molecule has 0 aliphatic carbocycles. The second-order valence-corrected chi connectivity index (χ2v) is 7.17. The van der Waals surface area contributed by atoms with Crippen LogP contribution < -0.4 is 10.1 Å². The lowest BCUT2D eigenvalue weighted by molar-refractivity contribution is -0.139. The van der Waals surface area contributed by atoms with Gasteiger partial charge in [-0.2, -0.15) is 13.2 Å². The summed E-state index contributed by atoms with van der Waals surface area (Å²) in [5, 5.41) is 13.1. The third kappa shape index (κ3) is 3.97. The van der Waals surface area contributed by atoms with Gasteiger partial charge in [0.25, 0.3) is 0 Å². The number of carbonyl (C=O) groups is 1. The summed E-state index contributed by atoms with van der Waals surface area (Å²) in [7, 11) is 0. The summed E-state index contributed by atoms with van der Waals surface area (Å²) in [5.41, 5.74) is 1.34. The Labute approximate surface area is 168 Å². The van der Waals surface area contributed by atoms with Crippen LogP contribution in [0.5, 0.6) is 5.75 Å². The summed E-state index contributed by atoms with van der Waals surface area (Å²) < 4.78 is 58.3. The van der Waals surface area contributed by atoms with Crippen molar-refractivity contribution in [1.82, 2.24) is 10.3 Å². The van der Waals surface area contributed by atoms with Crippen molar-refractivity contribution in [3.63, 3.8) is 0 Å². The molecule has 5 nitrogen and oxygen atoms in total. The van der Waals surface area contributed by atoms with Gasteiger partial charge in [0.2, 0.25) is 0 Å². The Hall–Kier alpha value is -3.07. The van der Waals surface area contributed by atoms with Gasteiger partial charge in [-0.05, 0) is 48.9 Å². The molecule has 4 rings (SSSR count). The number of hydrogen-bond acceptors (Lipinski definition) is 3. The second-order valence-electron chi connectivity index (χ2n) is 7.17. The average Bonchev–Trinajstić information content (AvgIpc) is 3.05. The predicted molar refractivity (Wildman–Crippen MR) is 101 cm³/mol. The first-order valence-corrected chi connectivity index (χ1v) is 9.30. The number of rotatable bonds is 5. The van der Waals surface area contributed by atoms with Crippen molar-refractivity contribution in [3.8, 4) is 5.75 Å². The molecule has 1 aliphatic heterocycles. The van der Waals surface area contributed by atoms with E-state index in [2.05, 4.69) is 10.3 Å². The lowest BCUT2D eigenvalue weighted by Gasteiger charge is -2.22. The minimum absolute atomic E-state index is 0.0615. The van der Waals surface area contributed by atoms with Crippen molar-refractivity contribution in [2.24, 2.45) is 0 Å². The number of halogens is 4. The number of hydrogen-bond donors (Lipinski definition) is 3. The largest absolute Gasteiger partial charge is 0.489 e. The molecule has 30 heavy (non-hydrogen) atoms. The van der Waals surface area contributed by atoms with Crippen LogP contribution >= 0.6 is 0 Å². The molecule has 0 spiro atoms. The summed E-state index contributed by atoms with van der Waals surface area (Å²) in [4.78, 5) is 14.3. The SMILES string of the molecule is O=C(O)C[C@H]1NCCc2c1[nH]c1ccc(OCc3ccc(F)cc3C(F)(F)F)cc21. The molecule has 0 fully saturated rings. The van der Waals surface area contributed by atoms with Crippen molar-refractivity contribution in [2.45, 2.75) is 31.7 Å². The molecule has 0 bridgehead atoms. The highest BCUT2D eigenvalue weighted by Crippen LogP contribution is 2.35. The number of H-pyrrole nitrogens is 1. The van der Waals surface area contributed by atoms with E-state index in [-0.39, 0.29) is 24.6 Å². The van der Waals surface area contributed by atoms with E-state index in [1.54, 1.807) is 18.2 Å². The Morgan fingerprint density at radius 2 is 2.00 bits per heavy atom. The zero-order chi connectivity index (χ0) is 21.5. The third-order valence-corrected chi connectivity index (χ3v) is 5.18. The van der Waals surface area contributed by atoms with Gasteiger partial charge in [-0.1, -0.05) is 6.07 Å². The minimum atomic E-state index is -4.68. The van der Waals surface area contributed by atoms with Gasteiger partial charge >= 0.3 is 12.1 Å². The van der Waals surface area contributed by atoms with E-state index in [1.807, 2.05) is 0 Å². The number of carboxylic acids is 1. The summed E-state index contributed by atoms with van der Waals surface area (Å²) in [6.45, 7) is 0.254. The fraction of sp³-hybridized carbons (Fsp3) is 0.286. The van der Waals surface area contributed by atoms with Gasteiger partial charge in [-0.25, -0.2) is 4.39 Å². The summed E-state index contributed by atoms with van der Waals surface area (Å²) in [6, 6.07) is 7.25. The number of aromatic nitrogens is 1. The summed E-state index contributed by atoms with van der Waals surface area (Å²) >= 11 is 0. The third-order valence-electron chi connectivity index (χ3n) is 5.18. The molecule has 158 valence electrons. The standard InChI is InChI=1S/C21H18F4N2O3/c22-12-2-1-11(16(7-12)21(23,24)25)10-30-13-3-4-17-15(8-13)14-5-6-26-18(9-19(28)29)20(14)27-17/h1-4,7-8,18,26-27H,5-6,9-10H2,(H,28,29)/t18-/m1/s1. The molecule has 0 radical (unpaired) electrons. The number of nitrogens with one attached hydrogen (secondary N) is 2. The number of benzene rings is 2. The molecule has 0 saturated heterocycles. The molecule has 1 atom stereocenters. The second kappa shape index (κ2) is 7.64. The van der Waals surface area contributed by atoms with E-state index in [0.29, 0.717) is 24.8 Å². The Morgan fingerprint density at radius 1 is 1.20 bits per heavy atom. The van der Waals surface area contributed by atoms with Crippen molar-refractivity contribution < 1.29 is 32.2 Å². The maximum Gasteiger partial charge on any atom is 0.416 e. The highest BCUT2D eigenvalue weighted by atomic mass is 19.4. The van der Waals surface area contributed by atoms with Crippen LogP contribution in [-0.4, -0.2) is 22.6 Å². The number of aliphatic carboxylic acids is 1. The predicted octanol–water partition coefficient (Wildman–Crippen LogP) is 4.57. The molecular formula is C21H18F4N2O3. The van der Waals surface area contributed by atoms with Crippen molar-refractivity contribution in [3.05, 3.63) is 64.6 Å². The van der Waals surface area contributed by atoms with E-state index in [0.717, 1.165) is 34.3 Å². The van der Waals surface area contributed by atoms with Crippen LogP contribution in [0.3, 0.4) is 0 Å². The highest BCUT2D eigenvalue weighted by molar-refractivity contribution is 5.86. The van der Waals surface area contributed by atoms with E-state index >= 15 is 0 Å². The molecule has 2 aromatic carbocycles.